The summed E-state index contributed by atoms with van der Waals surface area (Å²) in [7, 11) is 0. The summed E-state index contributed by atoms with van der Waals surface area (Å²) in [6.45, 7) is 2.17. The van der Waals surface area contributed by atoms with Crippen LogP contribution in [0, 0.1) is 6.92 Å². The predicted molar refractivity (Wildman–Crippen MR) is 102 cm³/mol. The van der Waals surface area contributed by atoms with Gasteiger partial charge in [0.15, 0.2) is 0 Å². The standard InChI is InChI=1S/C18H17Cl2N3O3/c1-9-12(7-21)16(11-3-2-10(19)6-13(11)20)17-14(22-9)8-23(18(17)26)5-4-15(24)25/h2-3,6,8,26H,4-5,7,21H2,1H3,(H,24,25). The van der Waals surface area contributed by atoms with Gasteiger partial charge >= 0.3 is 5.97 Å². The van der Waals surface area contributed by atoms with Gasteiger partial charge in [0.05, 0.1) is 17.3 Å². The summed E-state index contributed by atoms with van der Waals surface area (Å²) in [4.78, 5) is 15.4. The Balaban J connectivity index is 2.33. The molecule has 0 radical (unpaired) electrons. The van der Waals surface area contributed by atoms with Crippen molar-refractivity contribution >= 4 is 40.1 Å². The molecule has 0 aliphatic carbocycles. The van der Waals surface area contributed by atoms with Gasteiger partial charge in [-0.05, 0) is 24.6 Å². The van der Waals surface area contributed by atoms with E-state index in [1.54, 1.807) is 24.4 Å². The molecule has 6 nitrogen and oxygen atoms in total. The van der Waals surface area contributed by atoms with Gasteiger partial charge in [0.25, 0.3) is 0 Å². The Morgan fingerprint density at radius 2 is 2.08 bits per heavy atom. The molecule has 2 heterocycles. The molecule has 0 aliphatic rings. The minimum absolute atomic E-state index is 0.0653. The first kappa shape index (κ1) is 18.5. The van der Waals surface area contributed by atoms with E-state index in [4.69, 9.17) is 34.0 Å². The topological polar surface area (TPSA) is 101 Å². The van der Waals surface area contributed by atoms with E-state index in [0.29, 0.717) is 32.1 Å². The fourth-order valence-corrected chi connectivity index (χ4v) is 3.56. The summed E-state index contributed by atoms with van der Waals surface area (Å²) in [6.07, 6.45) is 1.52. The van der Waals surface area contributed by atoms with Crippen molar-refractivity contribution in [3.8, 4) is 17.0 Å². The van der Waals surface area contributed by atoms with Crippen LogP contribution in [0.5, 0.6) is 5.88 Å². The Labute approximate surface area is 159 Å². The van der Waals surface area contributed by atoms with Crippen LogP contribution < -0.4 is 5.73 Å². The lowest BCUT2D eigenvalue weighted by Crippen LogP contribution is -2.04. The fraction of sp³-hybridized carbons (Fsp3) is 0.222. The van der Waals surface area contributed by atoms with Crippen molar-refractivity contribution in [2.45, 2.75) is 26.4 Å². The molecular formula is C18H17Cl2N3O3. The molecule has 0 fully saturated rings. The number of carboxylic acids is 1. The van der Waals surface area contributed by atoms with E-state index in [2.05, 4.69) is 4.98 Å². The summed E-state index contributed by atoms with van der Waals surface area (Å²) >= 11 is 12.4. The zero-order chi connectivity index (χ0) is 19.0. The number of aromatic nitrogens is 2. The molecule has 1 aromatic carbocycles. The van der Waals surface area contributed by atoms with Gasteiger partial charge in [-0.25, -0.2) is 0 Å². The van der Waals surface area contributed by atoms with Crippen LogP contribution in [0.15, 0.2) is 24.4 Å². The average Bonchev–Trinajstić information content (AvgIpc) is 2.87. The largest absolute Gasteiger partial charge is 0.494 e. The number of benzene rings is 1. The minimum atomic E-state index is -0.949. The van der Waals surface area contributed by atoms with E-state index in [9.17, 15) is 9.90 Å². The first-order valence-electron chi connectivity index (χ1n) is 7.92. The zero-order valence-electron chi connectivity index (χ0n) is 14.0. The quantitative estimate of drug-likeness (QED) is 0.608. The number of fused-ring (bicyclic) bond motifs is 1. The SMILES string of the molecule is Cc1nc2cn(CCC(=O)O)c(O)c2c(-c2ccc(Cl)cc2Cl)c1CN. The van der Waals surface area contributed by atoms with Crippen molar-refractivity contribution in [1.82, 2.24) is 9.55 Å². The summed E-state index contributed by atoms with van der Waals surface area (Å²) in [5, 5.41) is 21.0. The minimum Gasteiger partial charge on any atom is -0.494 e. The Morgan fingerprint density at radius 1 is 1.35 bits per heavy atom. The maximum Gasteiger partial charge on any atom is 0.305 e. The van der Waals surface area contributed by atoms with Gasteiger partial charge < -0.3 is 20.5 Å². The van der Waals surface area contributed by atoms with E-state index < -0.39 is 5.97 Å². The van der Waals surface area contributed by atoms with Gasteiger partial charge in [0, 0.05) is 46.2 Å². The molecule has 0 saturated carbocycles. The third kappa shape index (κ3) is 3.23. The van der Waals surface area contributed by atoms with Crippen LogP contribution in [0.4, 0.5) is 0 Å². The highest BCUT2D eigenvalue weighted by molar-refractivity contribution is 6.36. The Morgan fingerprint density at radius 3 is 2.69 bits per heavy atom. The van der Waals surface area contributed by atoms with Crippen LogP contribution in [0.3, 0.4) is 0 Å². The second-order valence-electron chi connectivity index (χ2n) is 5.93. The number of carbonyl (C=O) groups is 1. The molecule has 2 aromatic heterocycles. The molecule has 0 bridgehead atoms. The molecule has 136 valence electrons. The van der Waals surface area contributed by atoms with Crippen LogP contribution in [-0.4, -0.2) is 25.7 Å². The third-order valence-corrected chi connectivity index (χ3v) is 4.83. The lowest BCUT2D eigenvalue weighted by Gasteiger charge is -2.14. The molecule has 26 heavy (non-hydrogen) atoms. The van der Waals surface area contributed by atoms with E-state index in [1.165, 1.54) is 4.57 Å². The molecular weight excluding hydrogens is 377 g/mol. The van der Waals surface area contributed by atoms with Crippen LogP contribution in [0.25, 0.3) is 22.0 Å². The van der Waals surface area contributed by atoms with Crippen molar-refractivity contribution in [2.75, 3.05) is 0 Å². The summed E-state index contributed by atoms with van der Waals surface area (Å²) in [5.74, 6) is -1.01. The van der Waals surface area contributed by atoms with Gasteiger partial charge in [-0.3, -0.25) is 9.78 Å². The maximum atomic E-state index is 10.9. The fourth-order valence-electron chi connectivity index (χ4n) is 3.06. The highest BCUT2D eigenvalue weighted by atomic mass is 35.5. The number of nitrogens with zero attached hydrogens (tertiary/aromatic N) is 2. The molecule has 3 rings (SSSR count). The molecule has 3 aromatic rings. The number of hydrogen-bond acceptors (Lipinski definition) is 4. The molecule has 0 aliphatic heterocycles. The first-order valence-corrected chi connectivity index (χ1v) is 8.67. The van der Waals surface area contributed by atoms with E-state index in [1.807, 2.05) is 6.92 Å². The number of carboxylic acid groups (broad SMARTS) is 1. The normalized spacial score (nSPS) is 11.2. The van der Waals surface area contributed by atoms with Crippen LogP contribution >= 0.6 is 23.2 Å². The van der Waals surface area contributed by atoms with Crippen molar-refractivity contribution in [1.29, 1.82) is 0 Å². The number of rotatable bonds is 5. The van der Waals surface area contributed by atoms with E-state index >= 15 is 0 Å². The Kier molecular flexibility index (Phi) is 5.09. The number of aryl methyl sites for hydroxylation is 2. The highest BCUT2D eigenvalue weighted by Crippen LogP contribution is 2.42. The summed E-state index contributed by atoms with van der Waals surface area (Å²) in [5.41, 5.74) is 9.32. The van der Waals surface area contributed by atoms with E-state index in [-0.39, 0.29) is 25.4 Å². The second-order valence-corrected chi connectivity index (χ2v) is 6.77. The lowest BCUT2D eigenvalue weighted by molar-refractivity contribution is -0.137. The Hall–Kier alpha value is -2.28. The Bertz CT molecular complexity index is 1010. The number of nitrogens with two attached hydrogens (primary N) is 1. The maximum absolute atomic E-state index is 10.9. The second kappa shape index (κ2) is 7.15. The van der Waals surface area contributed by atoms with Gasteiger partial charge in [-0.1, -0.05) is 29.3 Å². The number of aromatic hydroxyl groups is 1. The van der Waals surface area contributed by atoms with Crippen LogP contribution in [-0.2, 0) is 17.9 Å². The number of hydrogen-bond donors (Lipinski definition) is 3. The average molecular weight is 394 g/mol. The van der Waals surface area contributed by atoms with Gasteiger partial charge in [0.2, 0.25) is 5.88 Å². The van der Waals surface area contributed by atoms with Crippen molar-refractivity contribution in [2.24, 2.45) is 5.73 Å². The number of halogens is 2. The molecule has 0 amide bonds. The summed E-state index contributed by atoms with van der Waals surface area (Å²) in [6, 6.07) is 5.11. The van der Waals surface area contributed by atoms with Crippen molar-refractivity contribution in [3.63, 3.8) is 0 Å². The third-order valence-electron chi connectivity index (χ3n) is 4.28. The molecule has 0 unspecified atom stereocenters. The van der Waals surface area contributed by atoms with Crippen molar-refractivity contribution < 1.29 is 15.0 Å². The van der Waals surface area contributed by atoms with Gasteiger partial charge in [-0.15, -0.1) is 0 Å². The molecule has 0 atom stereocenters. The van der Waals surface area contributed by atoms with Gasteiger partial charge in [0.1, 0.15) is 0 Å². The number of aliphatic carboxylic acids is 1. The number of pyridine rings is 1. The monoisotopic (exact) mass is 393 g/mol. The summed E-state index contributed by atoms with van der Waals surface area (Å²) < 4.78 is 1.47. The van der Waals surface area contributed by atoms with E-state index in [0.717, 1.165) is 11.3 Å². The molecule has 0 spiro atoms. The highest BCUT2D eigenvalue weighted by Gasteiger charge is 2.21. The van der Waals surface area contributed by atoms with Crippen molar-refractivity contribution in [3.05, 3.63) is 45.7 Å². The molecule has 8 heteroatoms. The lowest BCUT2D eigenvalue weighted by atomic mass is 9.95. The zero-order valence-corrected chi connectivity index (χ0v) is 15.5. The molecule has 0 saturated heterocycles. The van der Waals surface area contributed by atoms with Crippen LogP contribution in [0.2, 0.25) is 10.0 Å². The predicted octanol–water partition coefficient (Wildman–Crippen LogP) is 3.96. The smallest absolute Gasteiger partial charge is 0.305 e. The van der Waals surface area contributed by atoms with Crippen LogP contribution in [0.1, 0.15) is 17.7 Å². The molecule has 4 N–H and O–H groups in total. The van der Waals surface area contributed by atoms with Gasteiger partial charge in [-0.2, -0.15) is 0 Å². The first-order chi connectivity index (χ1) is 12.3.